The van der Waals surface area contributed by atoms with E-state index in [9.17, 15) is 8.42 Å². The molecular weight excluding hydrogens is 288 g/mol. The van der Waals surface area contributed by atoms with Gasteiger partial charge in [-0.2, -0.15) is 0 Å². The summed E-state index contributed by atoms with van der Waals surface area (Å²) >= 11 is 0. The van der Waals surface area contributed by atoms with Crippen molar-refractivity contribution in [3.8, 4) is 0 Å². The van der Waals surface area contributed by atoms with Crippen molar-refractivity contribution in [3.63, 3.8) is 0 Å². The second-order valence-corrected chi connectivity index (χ2v) is 7.24. The molecule has 0 aliphatic rings. The third kappa shape index (κ3) is 3.46. The van der Waals surface area contributed by atoms with E-state index in [4.69, 9.17) is 4.42 Å². The molecule has 1 heterocycles. The van der Waals surface area contributed by atoms with E-state index in [1.54, 1.807) is 6.07 Å². The standard InChI is InChI=1S/C15H20N2O3S/c1-11-5-6-13(9-12(11)2)16-10-14-7-8-15(20-14)21(18,19)17(3)4/h5-9,16H,10H2,1-4H3. The van der Waals surface area contributed by atoms with E-state index in [2.05, 4.69) is 25.2 Å². The van der Waals surface area contributed by atoms with Crippen LogP contribution in [-0.4, -0.2) is 26.8 Å². The first-order valence-electron chi connectivity index (χ1n) is 6.63. The van der Waals surface area contributed by atoms with Gasteiger partial charge in [0.15, 0.2) is 0 Å². The van der Waals surface area contributed by atoms with Crippen LogP contribution < -0.4 is 5.32 Å². The molecule has 1 aromatic carbocycles. The van der Waals surface area contributed by atoms with E-state index in [0.29, 0.717) is 12.3 Å². The van der Waals surface area contributed by atoms with Crippen molar-refractivity contribution >= 4 is 15.7 Å². The molecule has 0 fully saturated rings. The molecule has 0 radical (unpaired) electrons. The normalized spacial score (nSPS) is 11.9. The molecule has 0 saturated heterocycles. The summed E-state index contributed by atoms with van der Waals surface area (Å²) in [6.45, 7) is 4.55. The monoisotopic (exact) mass is 308 g/mol. The molecule has 0 bridgehead atoms. The number of rotatable bonds is 5. The summed E-state index contributed by atoms with van der Waals surface area (Å²) in [6.07, 6.45) is 0. The predicted octanol–water partition coefficient (Wildman–Crippen LogP) is 2.76. The molecule has 2 rings (SSSR count). The lowest BCUT2D eigenvalue weighted by Gasteiger charge is -2.09. The first-order valence-corrected chi connectivity index (χ1v) is 8.07. The molecule has 0 atom stereocenters. The lowest BCUT2D eigenvalue weighted by Crippen LogP contribution is -2.21. The average molecular weight is 308 g/mol. The molecule has 1 N–H and O–H groups in total. The van der Waals surface area contributed by atoms with E-state index < -0.39 is 10.0 Å². The fourth-order valence-electron chi connectivity index (χ4n) is 1.81. The van der Waals surface area contributed by atoms with Gasteiger partial charge in [0, 0.05) is 19.8 Å². The molecule has 21 heavy (non-hydrogen) atoms. The first-order chi connectivity index (χ1) is 9.80. The van der Waals surface area contributed by atoms with Crippen LogP contribution in [0.5, 0.6) is 0 Å². The number of benzene rings is 1. The number of nitrogens with zero attached hydrogens (tertiary/aromatic N) is 1. The number of furan rings is 1. The summed E-state index contributed by atoms with van der Waals surface area (Å²) < 4.78 is 30.4. The Morgan fingerprint density at radius 1 is 1.10 bits per heavy atom. The van der Waals surface area contributed by atoms with Gasteiger partial charge in [-0.25, -0.2) is 12.7 Å². The maximum Gasteiger partial charge on any atom is 0.275 e. The fourth-order valence-corrected chi connectivity index (χ4v) is 2.62. The van der Waals surface area contributed by atoms with Crippen LogP contribution in [0.15, 0.2) is 39.8 Å². The highest BCUT2D eigenvalue weighted by Crippen LogP contribution is 2.19. The zero-order valence-corrected chi connectivity index (χ0v) is 13.5. The van der Waals surface area contributed by atoms with Crippen LogP contribution in [0.4, 0.5) is 5.69 Å². The molecule has 0 aliphatic carbocycles. The summed E-state index contributed by atoms with van der Waals surface area (Å²) in [7, 11) is -0.558. The Hall–Kier alpha value is -1.79. The third-order valence-electron chi connectivity index (χ3n) is 3.35. The third-order valence-corrected chi connectivity index (χ3v) is 5.03. The van der Waals surface area contributed by atoms with Gasteiger partial charge in [-0.05, 0) is 49.2 Å². The molecule has 114 valence electrons. The van der Waals surface area contributed by atoms with E-state index in [1.165, 1.54) is 31.3 Å². The van der Waals surface area contributed by atoms with Crippen molar-refractivity contribution in [1.29, 1.82) is 0 Å². The number of nitrogens with one attached hydrogen (secondary N) is 1. The number of hydrogen-bond donors (Lipinski definition) is 1. The van der Waals surface area contributed by atoms with Gasteiger partial charge in [0.1, 0.15) is 5.76 Å². The van der Waals surface area contributed by atoms with Crippen molar-refractivity contribution in [1.82, 2.24) is 4.31 Å². The van der Waals surface area contributed by atoms with Crippen molar-refractivity contribution in [2.24, 2.45) is 0 Å². The Morgan fingerprint density at radius 2 is 1.81 bits per heavy atom. The van der Waals surface area contributed by atoms with E-state index in [1.807, 2.05) is 12.1 Å². The Morgan fingerprint density at radius 3 is 2.43 bits per heavy atom. The maximum absolute atomic E-state index is 11.9. The van der Waals surface area contributed by atoms with E-state index in [-0.39, 0.29) is 5.09 Å². The van der Waals surface area contributed by atoms with Crippen molar-refractivity contribution in [3.05, 3.63) is 47.2 Å². The van der Waals surface area contributed by atoms with Crippen LogP contribution in [0, 0.1) is 13.8 Å². The van der Waals surface area contributed by atoms with Gasteiger partial charge in [-0.1, -0.05) is 6.07 Å². The molecule has 5 nitrogen and oxygen atoms in total. The number of aryl methyl sites for hydroxylation is 2. The predicted molar refractivity (Wildman–Crippen MR) is 82.8 cm³/mol. The van der Waals surface area contributed by atoms with Crippen LogP contribution in [0.2, 0.25) is 0 Å². The fraction of sp³-hybridized carbons (Fsp3) is 0.333. The molecule has 0 amide bonds. The van der Waals surface area contributed by atoms with Crippen LogP contribution in [0.1, 0.15) is 16.9 Å². The summed E-state index contributed by atoms with van der Waals surface area (Å²) in [5.41, 5.74) is 3.42. The average Bonchev–Trinajstić information content (AvgIpc) is 2.89. The Labute approximate surface area is 125 Å². The minimum Gasteiger partial charge on any atom is -0.446 e. The van der Waals surface area contributed by atoms with Crippen molar-refractivity contribution in [2.75, 3.05) is 19.4 Å². The lowest BCUT2D eigenvalue weighted by atomic mass is 10.1. The molecule has 0 saturated carbocycles. The quantitative estimate of drug-likeness (QED) is 0.922. The van der Waals surface area contributed by atoms with E-state index >= 15 is 0 Å². The molecule has 0 aliphatic heterocycles. The van der Waals surface area contributed by atoms with E-state index in [0.717, 1.165) is 9.99 Å². The van der Waals surface area contributed by atoms with Gasteiger partial charge < -0.3 is 9.73 Å². The highest BCUT2D eigenvalue weighted by Gasteiger charge is 2.21. The largest absolute Gasteiger partial charge is 0.446 e. The SMILES string of the molecule is Cc1ccc(NCc2ccc(S(=O)(=O)N(C)C)o2)cc1C. The molecule has 6 heteroatoms. The Bertz CT molecular complexity index is 733. The lowest BCUT2D eigenvalue weighted by molar-refractivity contribution is 0.402. The van der Waals surface area contributed by atoms with Gasteiger partial charge in [0.05, 0.1) is 6.54 Å². The molecule has 0 unspecified atom stereocenters. The van der Waals surface area contributed by atoms with Crippen molar-refractivity contribution in [2.45, 2.75) is 25.5 Å². The summed E-state index contributed by atoms with van der Waals surface area (Å²) in [5, 5.41) is 3.18. The smallest absolute Gasteiger partial charge is 0.275 e. The highest BCUT2D eigenvalue weighted by molar-refractivity contribution is 7.88. The van der Waals surface area contributed by atoms with Gasteiger partial charge in [0.25, 0.3) is 10.0 Å². The summed E-state index contributed by atoms with van der Waals surface area (Å²) in [6, 6.07) is 9.23. The Kier molecular flexibility index (Phi) is 4.39. The first kappa shape index (κ1) is 15.6. The van der Waals surface area contributed by atoms with Gasteiger partial charge >= 0.3 is 0 Å². The van der Waals surface area contributed by atoms with Crippen LogP contribution in [-0.2, 0) is 16.6 Å². The van der Waals surface area contributed by atoms with Gasteiger partial charge in [-0.15, -0.1) is 0 Å². The van der Waals surface area contributed by atoms with Crippen LogP contribution in [0.25, 0.3) is 0 Å². The Balaban J connectivity index is 2.08. The summed E-state index contributed by atoms with van der Waals surface area (Å²) in [5.74, 6) is 0.577. The highest BCUT2D eigenvalue weighted by atomic mass is 32.2. The number of anilines is 1. The minimum absolute atomic E-state index is 0.0376. The molecular formula is C15H20N2O3S. The van der Waals surface area contributed by atoms with Crippen molar-refractivity contribution < 1.29 is 12.8 Å². The molecule has 2 aromatic rings. The van der Waals surface area contributed by atoms with Gasteiger partial charge in [-0.3, -0.25) is 0 Å². The minimum atomic E-state index is -3.51. The van der Waals surface area contributed by atoms with Crippen LogP contribution >= 0.6 is 0 Å². The van der Waals surface area contributed by atoms with Crippen LogP contribution in [0.3, 0.4) is 0 Å². The second-order valence-electron chi connectivity index (χ2n) is 5.16. The zero-order valence-electron chi connectivity index (χ0n) is 12.7. The number of sulfonamides is 1. The molecule has 1 aromatic heterocycles. The topological polar surface area (TPSA) is 62.6 Å². The second kappa shape index (κ2) is 5.91. The number of hydrogen-bond acceptors (Lipinski definition) is 4. The van der Waals surface area contributed by atoms with Gasteiger partial charge in [0.2, 0.25) is 5.09 Å². The maximum atomic E-state index is 11.9. The molecule has 0 spiro atoms. The zero-order chi connectivity index (χ0) is 15.6. The summed E-state index contributed by atoms with van der Waals surface area (Å²) in [4.78, 5) is 0.